The van der Waals surface area contributed by atoms with E-state index in [1.165, 1.54) is 31.4 Å². The van der Waals surface area contributed by atoms with Gasteiger partial charge in [0.1, 0.15) is 5.92 Å². The Kier molecular flexibility index (Phi) is 5.90. The summed E-state index contributed by atoms with van der Waals surface area (Å²) in [5.41, 5.74) is 3.27. The maximum Gasteiger partial charge on any atom is 0.253 e. The SMILES string of the molecule is C=CCCN1CC2C(=O)N(CCCCCCC)N=C2c2ccccc21. The van der Waals surface area contributed by atoms with Gasteiger partial charge in [0.15, 0.2) is 0 Å². The lowest BCUT2D eigenvalue weighted by molar-refractivity contribution is -0.131. The van der Waals surface area contributed by atoms with Crippen LogP contribution in [-0.4, -0.2) is 36.3 Å². The van der Waals surface area contributed by atoms with Crippen LogP contribution in [0.15, 0.2) is 42.0 Å². The van der Waals surface area contributed by atoms with E-state index in [4.69, 9.17) is 5.10 Å². The molecule has 4 nitrogen and oxygen atoms in total. The smallest absolute Gasteiger partial charge is 0.253 e. The largest absolute Gasteiger partial charge is 0.369 e. The van der Waals surface area contributed by atoms with Gasteiger partial charge in [-0.2, -0.15) is 5.10 Å². The van der Waals surface area contributed by atoms with Crippen LogP contribution in [0.3, 0.4) is 0 Å². The second-order valence-electron chi connectivity index (χ2n) is 6.95. The lowest BCUT2D eigenvalue weighted by atomic mass is 9.90. The lowest BCUT2D eigenvalue weighted by Crippen LogP contribution is -2.42. The molecule has 2 heterocycles. The second-order valence-corrected chi connectivity index (χ2v) is 6.95. The quantitative estimate of drug-likeness (QED) is 0.499. The summed E-state index contributed by atoms with van der Waals surface area (Å²) < 4.78 is 0. The van der Waals surface area contributed by atoms with Gasteiger partial charge in [-0.05, 0) is 18.9 Å². The van der Waals surface area contributed by atoms with E-state index in [1.807, 2.05) is 12.1 Å². The van der Waals surface area contributed by atoms with E-state index in [-0.39, 0.29) is 11.8 Å². The van der Waals surface area contributed by atoms with Crippen molar-refractivity contribution in [2.75, 3.05) is 24.5 Å². The van der Waals surface area contributed by atoms with Gasteiger partial charge >= 0.3 is 0 Å². The molecular weight excluding hydrogens is 310 g/mol. The zero-order valence-corrected chi connectivity index (χ0v) is 15.3. The minimum absolute atomic E-state index is 0.115. The average molecular weight is 339 g/mol. The Balaban J connectivity index is 1.73. The van der Waals surface area contributed by atoms with Crippen molar-refractivity contribution >= 4 is 17.3 Å². The molecule has 0 bridgehead atoms. The van der Waals surface area contributed by atoms with Crippen LogP contribution >= 0.6 is 0 Å². The lowest BCUT2D eigenvalue weighted by Gasteiger charge is -2.33. The number of para-hydroxylation sites is 1. The molecule has 0 fully saturated rings. The van der Waals surface area contributed by atoms with Gasteiger partial charge in [-0.3, -0.25) is 4.79 Å². The van der Waals surface area contributed by atoms with Gasteiger partial charge < -0.3 is 4.90 Å². The Labute approximate surface area is 151 Å². The van der Waals surface area contributed by atoms with Crippen LogP contribution in [0, 0.1) is 5.92 Å². The zero-order valence-electron chi connectivity index (χ0n) is 15.3. The highest BCUT2D eigenvalue weighted by atomic mass is 16.2. The third kappa shape index (κ3) is 3.78. The summed E-state index contributed by atoms with van der Waals surface area (Å²) in [6, 6.07) is 8.32. The van der Waals surface area contributed by atoms with Gasteiger partial charge in [0, 0.05) is 30.9 Å². The average Bonchev–Trinajstić information content (AvgIpc) is 2.96. The highest BCUT2D eigenvalue weighted by Crippen LogP contribution is 2.34. The minimum atomic E-state index is -0.115. The number of hydrogen-bond acceptors (Lipinski definition) is 3. The molecule has 0 aromatic heterocycles. The molecule has 134 valence electrons. The van der Waals surface area contributed by atoms with Crippen molar-refractivity contribution in [3.8, 4) is 0 Å². The number of hydrogen-bond donors (Lipinski definition) is 0. The number of hydrazone groups is 1. The highest BCUT2D eigenvalue weighted by Gasteiger charge is 2.41. The number of fused-ring (bicyclic) bond motifs is 3. The van der Waals surface area contributed by atoms with E-state index in [1.54, 1.807) is 5.01 Å². The predicted octanol–water partition coefficient (Wildman–Crippen LogP) is 4.22. The monoisotopic (exact) mass is 339 g/mol. The summed E-state index contributed by atoms with van der Waals surface area (Å²) in [4.78, 5) is 15.2. The molecule has 0 saturated heterocycles. The molecule has 0 radical (unpaired) electrons. The maximum atomic E-state index is 12.9. The molecule has 1 aromatic rings. The molecule has 3 rings (SSSR count). The number of nitrogens with zero attached hydrogens (tertiary/aromatic N) is 3. The van der Waals surface area contributed by atoms with Gasteiger partial charge in [-0.25, -0.2) is 5.01 Å². The molecule has 1 amide bonds. The molecule has 0 spiro atoms. The third-order valence-corrected chi connectivity index (χ3v) is 5.11. The number of carbonyl (C=O) groups excluding carboxylic acids is 1. The molecule has 25 heavy (non-hydrogen) atoms. The Hall–Kier alpha value is -2.10. The molecular formula is C21H29N3O. The Morgan fingerprint density at radius 2 is 2.00 bits per heavy atom. The van der Waals surface area contributed by atoms with Gasteiger partial charge in [-0.1, -0.05) is 56.9 Å². The number of unbranched alkanes of at least 4 members (excludes halogenated alkanes) is 4. The molecule has 0 saturated carbocycles. The zero-order chi connectivity index (χ0) is 17.6. The Morgan fingerprint density at radius 3 is 2.80 bits per heavy atom. The van der Waals surface area contributed by atoms with Crippen LogP contribution < -0.4 is 4.90 Å². The summed E-state index contributed by atoms with van der Waals surface area (Å²) >= 11 is 0. The summed E-state index contributed by atoms with van der Waals surface area (Å²) in [7, 11) is 0. The van der Waals surface area contributed by atoms with Crippen LogP contribution in [0.4, 0.5) is 5.69 Å². The van der Waals surface area contributed by atoms with Gasteiger partial charge in [-0.15, -0.1) is 6.58 Å². The predicted molar refractivity (Wildman–Crippen MR) is 104 cm³/mol. The van der Waals surface area contributed by atoms with Crippen molar-refractivity contribution < 1.29 is 4.79 Å². The Bertz CT molecular complexity index is 652. The normalized spacial score (nSPS) is 18.8. The van der Waals surface area contributed by atoms with Crippen molar-refractivity contribution in [3.05, 3.63) is 42.5 Å². The van der Waals surface area contributed by atoms with Crippen LogP contribution in [0.5, 0.6) is 0 Å². The first-order valence-electron chi connectivity index (χ1n) is 9.61. The first-order valence-corrected chi connectivity index (χ1v) is 9.61. The maximum absolute atomic E-state index is 12.9. The third-order valence-electron chi connectivity index (χ3n) is 5.11. The van der Waals surface area contributed by atoms with Crippen molar-refractivity contribution in [2.45, 2.75) is 45.4 Å². The van der Waals surface area contributed by atoms with E-state index in [0.717, 1.165) is 43.8 Å². The van der Waals surface area contributed by atoms with Gasteiger partial charge in [0.2, 0.25) is 0 Å². The van der Waals surface area contributed by atoms with Crippen LogP contribution in [-0.2, 0) is 4.79 Å². The molecule has 1 unspecified atom stereocenters. The summed E-state index contributed by atoms with van der Waals surface area (Å²) in [6.45, 7) is 8.42. The molecule has 0 N–H and O–H groups in total. The van der Waals surface area contributed by atoms with Crippen molar-refractivity contribution in [1.29, 1.82) is 0 Å². The molecule has 1 atom stereocenters. The molecule has 1 aromatic carbocycles. The van der Waals surface area contributed by atoms with Crippen LogP contribution in [0.2, 0.25) is 0 Å². The van der Waals surface area contributed by atoms with E-state index < -0.39 is 0 Å². The first kappa shape index (κ1) is 17.7. The van der Waals surface area contributed by atoms with E-state index in [2.05, 4.69) is 36.6 Å². The number of carbonyl (C=O) groups is 1. The van der Waals surface area contributed by atoms with Crippen molar-refractivity contribution in [3.63, 3.8) is 0 Å². The van der Waals surface area contributed by atoms with Crippen molar-refractivity contribution in [1.82, 2.24) is 5.01 Å². The summed E-state index contributed by atoms with van der Waals surface area (Å²) in [6.07, 6.45) is 8.83. The first-order chi connectivity index (χ1) is 12.3. The topological polar surface area (TPSA) is 35.9 Å². The molecule has 4 heteroatoms. The fourth-order valence-corrected chi connectivity index (χ4v) is 3.72. The van der Waals surface area contributed by atoms with Gasteiger partial charge in [0.25, 0.3) is 5.91 Å². The van der Waals surface area contributed by atoms with E-state index >= 15 is 0 Å². The van der Waals surface area contributed by atoms with Crippen LogP contribution in [0.1, 0.15) is 51.0 Å². The van der Waals surface area contributed by atoms with Crippen LogP contribution in [0.25, 0.3) is 0 Å². The van der Waals surface area contributed by atoms with Gasteiger partial charge in [0.05, 0.1) is 5.71 Å². The summed E-state index contributed by atoms with van der Waals surface area (Å²) in [5, 5.41) is 6.44. The number of benzene rings is 1. The summed E-state index contributed by atoms with van der Waals surface area (Å²) in [5.74, 6) is 0.0546. The fraction of sp³-hybridized carbons (Fsp3) is 0.524. The molecule has 2 aliphatic heterocycles. The number of anilines is 1. The number of rotatable bonds is 9. The molecule has 2 aliphatic rings. The van der Waals surface area contributed by atoms with E-state index in [0.29, 0.717) is 0 Å². The van der Waals surface area contributed by atoms with E-state index in [9.17, 15) is 4.79 Å². The number of amides is 1. The van der Waals surface area contributed by atoms with Crippen molar-refractivity contribution in [2.24, 2.45) is 11.0 Å². The standard InChI is InChI=1S/C21H29N3O/c1-3-5-7-8-11-15-24-21(25)18-16-23(14-6-4-2)19-13-10-9-12-17(19)20(18)22-24/h4,9-10,12-13,18H,2-3,5-8,11,14-16H2,1H3. The molecule has 0 aliphatic carbocycles. The second kappa shape index (κ2) is 8.32. The Morgan fingerprint density at radius 1 is 1.20 bits per heavy atom. The minimum Gasteiger partial charge on any atom is -0.369 e. The fourth-order valence-electron chi connectivity index (χ4n) is 3.72. The highest BCUT2D eigenvalue weighted by molar-refractivity contribution is 6.20.